The second-order valence-corrected chi connectivity index (χ2v) is 23.5. The summed E-state index contributed by atoms with van der Waals surface area (Å²) in [6.45, 7) is 2.15. The van der Waals surface area contributed by atoms with Gasteiger partial charge in [-0.25, -0.2) is 39.5 Å². The molecule has 0 bridgehead atoms. The fourth-order valence-electron chi connectivity index (χ4n) is 11.2. The fourth-order valence-corrected chi connectivity index (χ4v) is 11.2. The van der Waals surface area contributed by atoms with Gasteiger partial charge in [0, 0.05) is 31.8 Å². The van der Waals surface area contributed by atoms with E-state index in [0.717, 1.165) is 38.9 Å². The number of hydrogen-bond donors (Lipinski definition) is 2. The summed E-state index contributed by atoms with van der Waals surface area (Å²) in [6.07, 6.45) is 0.308. The van der Waals surface area contributed by atoms with Crippen molar-refractivity contribution in [1.82, 2.24) is 50.3 Å². The number of likely N-dealkylation sites (N-methyl/N-ethyl adjacent to an activating group) is 2. The lowest BCUT2D eigenvalue weighted by molar-refractivity contribution is 0.0465. The molecule has 2 N–H and O–H groups in total. The molecule has 2 amide bonds. The van der Waals surface area contributed by atoms with E-state index in [4.69, 9.17) is 57.7 Å². The van der Waals surface area contributed by atoms with E-state index in [0.29, 0.717) is 89.6 Å². The molecule has 0 radical (unpaired) electrons. The van der Waals surface area contributed by atoms with E-state index in [1.165, 1.54) is 0 Å². The number of nitrogens with zero attached hydrogens (tertiary/aromatic N) is 8. The van der Waals surface area contributed by atoms with Crippen LogP contribution in [0.5, 0.6) is 0 Å². The third-order valence-corrected chi connectivity index (χ3v) is 16.0. The highest BCUT2D eigenvalue weighted by Crippen LogP contribution is 2.44. The molecule has 0 spiro atoms. The summed E-state index contributed by atoms with van der Waals surface area (Å²) in [4.78, 5) is 75.8. The van der Waals surface area contributed by atoms with Crippen molar-refractivity contribution in [2.45, 2.75) is 50.7 Å². The van der Waals surface area contributed by atoms with E-state index < -0.39 is 30.1 Å². The van der Waals surface area contributed by atoms with E-state index in [1.807, 2.05) is 178 Å². The molecule has 19 nitrogen and oxygen atoms in total. The van der Waals surface area contributed by atoms with Gasteiger partial charge < -0.3 is 48.2 Å². The molecule has 0 saturated heterocycles. The van der Waals surface area contributed by atoms with Gasteiger partial charge in [0.2, 0.25) is 11.8 Å². The first-order valence-corrected chi connectivity index (χ1v) is 31.5. The summed E-state index contributed by atoms with van der Waals surface area (Å²) in [5, 5.41) is 6.22. The topological polar surface area (TPSA) is 222 Å². The maximum Gasteiger partial charge on any atom is 0.407 e. The second kappa shape index (κ2) is 30.7. The third kappa shape index (κ3) is 16.3. The van der Waals surface area contributed by atoms with Crippen molar-refractivity contribution in [1.29, 1.82) is 0 Å². The van der Waals surface area contributed by atoms with E-state index in [2.05, 4.69) is 34.9 Å². The molecule has 2 atom stereocenters. The highest BCUT2D eigenvalue weighted by molar-refractivity contribution is 5.93. The molecule has 95 heavy (non-hydrogen) atoms. The molecule has 0 saturated carbocycles. The number of pyridine rings is 4. The van der Waals surface area contributed by atoms with Crippen LogP contribution >= 0.6 is 0 Å². The summed E-state index contributed by atoms with van der Waals surface area (Å²) in [5.74, 6) is 0.311. The normalized spacial score (nSPS) is 12.5. The molecule has 19 heteroatoms. The van der Waals surface area contributed by atoms with Gasteiger partial charge in [-0.05, 0) is 116 Å². The van der Waals surface area contributed by atoms with Crippen molar-refractivity contribution in [3.63, 3.8) is 0 Å². The first-order chi connectivity index (χ1) is 46.5. The molecule has 0 aliphatic heterocycles. The molecule has 11 aromatic rings. The smallest absolute Gasteiger partial charge is 0.407 e. The minimum atomic E-state index is -0.793. The lowest BCUT2D eigenvalue weighted by Gasteiger charge is -2.20. The van der Waals surface area contributed by atoms with Gasteiger partial charge >= 0.3 is 12.1 Å². The van der Waals surface area contributed by atoms with Crippen molar-refractivity contribution < 1.29 is 42.2 Å². The van der Waals surface area contributed by atoms with Crippen LogP contribution in [0, 0.1) is 0 Å². The van der Waals surface area contributed by atoms with E-state index >= 15 is 0 Å². The molecular formula is C76H72N10O9. The molecule has 6 heterocycles. The molecule has 6 aromatic heterocycles. The van der Waals surface area contributed by atoms with Gasteiger partial charge in [-0.1, -0.05) is 164 Å². The van der Waals surface area contributed by atoms with Crippen LogP contribution in [0.4, 0.5) is 4.79 Å². The van der Waals surface area contributed by atoms with Gasteiger partial charge in [0.25, 0.3) is 5.91 Å². The number of nitrogens with one attached hydrogen (secondary N) is 2. The first-order valence-electron chi connectivity index (χ1n) is 31.5. The van der Waals surface area contributed by atoms with Gasteiger partial charge in [-0.2, -0.15) is 0 Å². The number of hydrogen-bond acceptors (Lipinski definition) is 17. The van der Waals surface area contributed by atoms with Gasteiger partial charge in [0.1, 0.15) is 58.9 Å². The van der Waals surface area contributed by atoms with E-state index in [9.17, 15) is 14.4 Å². The Hall–Kier alpha value is -10.8. The van der Waals surface area contributed by atoms with Gasteiger partial charge in [-0.15, -0.1) is 0 Å². The summed E-state index contributed by atoms with van der Waals surface area (Å²) in [6, 6.07) is 65.0. The number of aromatic nitrogens is 6. The fraction of sp³-hybridized carbons (Fsp3) is 0.224. The van der Waals surface area contributed by atoms with Gasteiger partial charge in [0.05, 0.1) is 61.3 Å². The Morgan fingerprint density at radius 1 is 0.442 bits per heavy atom. The quantitative estimate of drug-likeness (QED) is 0.0435. The average molecular weight is 1270 g/mol. The highest BCUT2D eigenvalue weighted by atomic mass is 16.6. The van der Waals surface area contributed by atoms with Crippen LogP contribution < -0.4 is 10.6 Å². The number of ether oxygens (including phenoxy) is 4. The molecule has 12 rings (SSSR count). The Bertz CT molecular complexity index is 4360. The predicted molar refractivity (Wildman–Crippen MR) is 359 cm³/mol. The first kappa shape index (κ1) is 64.3. The Kier molecular flexibility index (Phi) is 20.8. The summed E-state index contributed by atoms with van der Waals surface area (Å²) in [5.41, 5.74) is 10.9. The molecule has 2 unspecified atom stereocenters. The van der Waals surface area contributed by atoms with Crippen molar-refractivity contribution >= 4 is 18.0 Å². The van der Waals surface area contributed by atoms with Crippen molar-refractivity contribution in [3.8, 4) is 57.1 Å². The monoisotopic (exact) mass is 1270 g/mol. The van der Waals surface area contributed by atoms with Crippen molar-refractivity contribution in [2.75, 3.05) is 61.1 Å². The largest absolute Gasteiger partial charge is 0.456 e. The van der Waals surface area contributed by atoms with Crippen LogP contribution in [0.2, 0.25) is 0 Å². The summed E-state index contributed by atoms with van der Waals surface area (Å²) >= 11 is 0. The Balaban J connectivity index is 0.799. The lowest BCUT2D eigenvalue weighted by atomic mass is 9.98. The standard InChI is InChI=1S/C76H72N10O9/c1-85(2)42-40-68-70(83-74(94-68)64-38-19-33-59(78-64)67(49-91-45-51-24-10-6-11-25-51)82-76(89)93-47-57-55-30-16-14-28-53(55)54-29-15-17-31-56(54)57)60-34-20-36-62(79-60)72(87)81-66(48-90-44-50-22-8-5-9-23-50)58-32-18-37-63(77-58)73-84-71(69(95-73)41-43-86(3)4)61-35-21-39-65(80-61)75(88)92-46-52-26-12-7-13-27-52/h5-39,57,66-67H,40-49H2,1-4H3,(H,81,87)(H,82,89). The van der Waals surface area contributed by atoms with Crippen molar-refractivity contribution in [3.05, 3.63) is 274 Å². The zero-order chi connectivity index (χ0) is 65.5. The third-order valence-electron chi connectivity index (χ3n) is 16.0. The maximum atomic E-state index is 14.7. The van der Waals surface area contributed by atoms with Crippen LogP contribution in [0.1, 0.15) is 89.7 Å². The number of esters is 1. The number of alkyl carbamates (subject to hydrolysis) is 1. The maximum absolute atomic E-state index is 14.7. The van der Waals surface area contributed by atoms with Crippen LogP contribution in [0.25, 0.3) is 57.1 Å². The van der Waals surface area contributed by atoms with E-state index in [1.54, 1.807) is 48.5 Å². The molecule has 1 aliphatic carbocycles. The molecule has 5 aromatic carbocycles. The molecular weight excluding hydrogens is 1200 g/mol. The molecule has 480 valence electrons. The van der Waals surface area contributed by atoms with E-state index in [-0.39, 0.29) is 62.1 Å². The Labute approximate surface area is 551 Å². The number of carbonyl (C=O) groups excluding carboxylic acids is 3. The average Bonchev–Trinajstić information content (AvgIpc) is 1.63. The van der Waals surface area contributed by atoms with Crippen LogP contribution in [0.15, 0.2) is 221 Å². The Morgan fingerprint density at radius 3 is 1.38 bits per heavy atom. The number of carbonyl (C=O) groups is 3. The zero-order valence-electron chi connectivity index (χ0n) is 53.3. The Morgan fingerprint density at radius 2 is 0.874 bits per heavy atom. The number of benzene rings is 5. The van der Waals surface area contributed by atoms with Crippen molar-refractivity contribution in [2.24, 2.45) is 0 Å². The minimum Gasteiger partial charge on any atom is -0.456 e. The molecule has 1 aliphatic rings. The van der Waals surface area contributed by atoms with Crippen LogP contribution in [-0.2, 0) is 51.6 Å². The van der Waals surface area contributed by atoms with Gasteiger partial charge in [0.15, 0.2) is 0 Å². The molecule has 0 fully saturated rings. The number of oxazole rings is 2. The number of fused-ring (bicyclic) bond motifs is 3. The van der Waals surface area contributed by atoms with Crippen LogP contribution in [0.3, 0.4) is 0 Å². The SMILES string of the molecule is CN(C)CCc1oc(-c2cccc(C(COCc3ccccc3)NC(=O)OCC3c4ccccc4-c4ccccc43)n2)nc1-c1cccc(C(=O)NC(COCc2ccccc2)c2cccc(-c3nc(-c4cccc(C(=O)OCc5ccccc5)n4)c(CCN(C)C)o3)n2)n1. The number of amides is 2. The summed E-state index contributed by atoms with van der Waals surface area (Å²) < 4.78 is 37.4. The lowest BCUT2D eigenvalue weighted by Crippen LogP contribution is -2.33. The van der Waals surface area contributed by atoms with Crippen LogP contribution in [-0.4, -0.2) is 119 Å². The predicted octanol–water partition coefficient (Wildman–Crippen LogP) is 13.0. The number of rotatable bonds is 28. The summed E-state index contributed by atoms with van der Waals surface area (Å²) in [7, 11) is 7.88. The van der Waals surface area contributed by atoms with Gasteiger partial charge in [-0.3, -0.25) is 4.79 Å². The highest BCUT2D eigenvalue weighted by Gasteiger charge is 2.31. The minimum absolute atomic E-state index is 0.0351. The second-order valence-electron chi connectivity index (χ2n) is 23.5. The zero-order valence-corrected chi connectivity index (χ0v) is 53.3.